The molecule has 6 nitrogen and oxygen atoms in total. The minimum Gasteiger partial charge on any atom is -0.465 e. The number of ether oxygens (including phenoxy) is 1. The summed E-state index contributed by atoms with van der Waals surface area (Å²) in [5.74, 6) is -0.353. The van der Waals surface area contributed by atoms with Crippen LogP contribution in [0.1, 0.15) is 10.4 Å². The van der Waals surface area contributed by atoms with Crippen LogP contribution in [0.4, 0.5) is 0 Å². The summed E-state index contributed by atoms with van der Waals surface area (Å²) in [6.45, 7) is 0.501. The fourth-order valence-corrected chi connectivity index (χ4v) is 1.95. The van der Waals surface area contributed by atoms with Gasteiger partial charge in [-0.2, -0.15) is 10.2 Å². The molecular weight excluding hydrogens is 244 g/mol. The molecule has 0 aliphatic heterocycles. The van der Waals surface area contributed by atoms with E-state index in [1.54, 1.807) is 33.9 Å². The van der Waals surface area contributed by atoms with Gasteiger partial charge in [-0.3, -0.25) is 4.68 Å². The highest BCUT2D eigenvalue weighted by Crippen LogP contribution is 2.16. The van der Waals surface area contributed by atoms with Crippen molar-refractivity contribution in [3.8, 4) is 0 Å². The van der Waals surface area contributed by atoms with Crippen molar-refractivity contribution >= 4 is 16.9 Å². The zero-order chi connectivity index (χ0) is 13.2. The number of nitrogens with zero attached hydrogens (tertiary/aromatic N) is 4. The van der Waals surface area contributed by atoms with E-state index in [1.165, 1.54) is 7.11 Å². The Morgan fingerprint density at radius 3 is 3.00 bits per heavy atom. The summed E-state index contributed by atoms with van der Waals surface area (Å²) >= 11 is 0. The Morgan fingerprint density at radius 1 is 1.37 bits per heavy atom. The van der Waals surface area contributed by atoms with Crippen LogP contribution in [-0.4, -0.2) is 32.6 Å². The molecule has 0 bridgehead atoms. The molecule has 3 aromatic rings. The fraction of sp³-hybridized carbons (Fsp3) is 0.154. The number of methoxy groups -OCH3 is 1. The van der Waals surface area contributed by atoms with Gasteiger partial charge in [0.15, 0.2) is 0 Å². The maximum Gasteiger partial charge on any atom is 0.337 e. The second-order valence-corrected chi connectivity index (χ2v) is 4.10. The predicted molar refractivity (Wildman–Crippen MR) is 68.7 cm³/mol. The van der Waals surface area contributed by atoms with Crippen molar-refractivity contribution in [2.24, 2.45) is 0 Å². The SMILES string of the molecule is COC(=O)c1ccc2cnn(Cn3cccn3)c2c1. The molecule has 0 saturated heterocycles. The highest BCUT2D eigenvalue weighted by molar-refractivity contribution is 5.94. The van der Waals surface area contributed by atoms with Crippen LogP contribution in [0.5, 0.6) is 0 Å². The van der Waals surface area contributed by atoms with Crippen LogP contribution < -0.4 is 0 Å². The molecule has 0 atom stereocenters. The topological polar surface area (TPSA) is 61.9 Å². The molecule has 0 radical (unpaired) electrons. The van der Waals surface area contributed by atoms with E-state index < -0.39 is 0 Å². The van der Waals surface area contributed by atoms with Crippen molar-refractivity contribution in [3.63, 3.8) is 0 Å². The summed E-state index contributed by atoms with van der Waals surface area (Å²) in [7, 11) is 1.37. The number of carbonyl (C=O) groups excluding carboxylic acids is 1. The van der Waals surface area contributed by atoms with E-state index in [0.717, 1.165) is 10.9 Å². The van der Waals surface area contributed by atoms with E-state index in [1.807, 2.05) is 18.3 Å². The van der Waals surface area contributed by atoms with Crippen LogP contribution in [0.2, 0.25) is 0 Å². The van der Waals surface area contributed by atoms with E-state index in [9.17, 15) is 4.79 Å². The predicted octanol–water partition coefficient (Wildman–Crippen LogP) is 1.53. The van der Waals surface area contributed by atoms with Crippen LogP contribution in [0.15, 0.2) is 42.9 Å². The van der Waals surface area contributed by atoms with E-state index in [-0.39, 0.29) is 5.97 Å². The first-order chi connectivity index (χ1) is 9.28. The Hall–Kier alpha value is -2.63. The van der Waals surface area contributed by atoms with Gasteiger partial charge in [-0.1, -0.05) is 6.07 Å². The standard InChI is InChI=1S/C13H12N4O2/c1-19-13(18)10-3-4-11-8-15-17(12(11)7-10)9-16-6-2-5-14-16/h2-8H,9H2,1H3. The lowest BCUT2D eigenvalue weighted by Gasteiger charge is -2.05. The smallest absolute Gasteiger partial charge is 0.337 e. The number of benzene rings is 1. The number of hydrogen-bond donors (Lipinski definition) is 0. The van der Waals surface area contributed by atoms with E-state index in [2.05, 4.69) is 10.2 Å². The Balaban J connectivity index is 2.03. The fourth-order valence-electron chi connectivity index (χ4n) is 1.95. The third-order valence-corrected chi connectivity index (χ3v) is 2.90. The zero-order valence-electron chi connectivity index (χ0n) is 10.4. The Kier molecular flexibility index (Phi) is 2.75. The second kappa shape index (κ2) is 4.56. The van der Waals surface area contributed by atoms with Gasteiger partial charge in [-0.15, -0.1) is 0 Å². The summed E-state index contributed by atoms with van der Waals surface area (Å²) < 4.78 is 8.27. The largest absolute Gasteiger partial charge is 0.465 e. The molecule has 0 saturated carbocycles. The molecular formula is C13H12N4O2. The number of rotatable bonds is 3. The molecule has 1 aromatic carbocycles. The molecule has 0 aliphatic carbocycles. The Morgan fingerprint density at radius 2 is 2.26 bits per heavy atom. The quantitative estimate of drug-likeness (QED) is 0.667. The summed E-state index contributed by atoms with van der Waals surface area (Å²) in [5.41, 5.74) is 1.38. The lowest BCUT2D eigenvalue weighted by atomic mass is 10.2. The molecule has 0 N–H and O–H groups in total. The monoisotopic (exact) mass is 256 g/mol. The molecule has 0 amide bonds. The zero-order valence-corrected chi connectivity index (χ0v) is 10.4. The van der Waals surface area contributed by atoms with Crippen molar-refractivity contribution in [2.45, 2.75) is 6.67 Å². The molecule has 6 heteroatoms. The first kappa shape index (κ1) is 11.5. The van der Waals surface area contributed by atoms with E-state index in [0.29, 0.717) is 12.2 Å². The minimum absolute atomic E-state index is 0.353. The van der Waals surface area contributed by atoms with Gasteiger partial charge in [-0.25, -0.2) is 9.48 Å². The second-order valence-electron chi connectivity index (χ2n) is 4.10. The maximum atomic E-state index is 11.5. The number of carbonyl (C=O) groups is 1. The van der Waals surface area contributed by atoms with Crippen molar-refractivity contribution in [1.82, 2.24) is 19.6 Å². The maximum absolute atomic E-state index is 11.5. The first-order valence-corrected chi connectivity index (χ1v) is 5.79. The van der Waals surface area contributed by atoms with E-state index in [4.69, 9.17) is 4.74 Å². The number of aromatic nitrogens is 4. The lowest BCUT2D eigenvalue weighted by molar-refractivity contribution is 0.0601. The van der Waals surface area contributed by atoms with Gasteiger partial charge < -0.3 is 4.74 Å². The van der Waals surface area contributed by atoms with Gasteiger partial charge in [0, 0.05) is 17.8 Å². The van der Waals surface area contributed by atoms with Crippen LogP contribution in [0, 0.1) is 0 Å². The van der Waals surface area contributed by atoms with Crippen molar-refractivity contribution in [1.29, 1.82) is 0 Å². The summed E-state index contributed by atoms with van der Waals surface area (Å²) in [6, 6.07) is 7.21. The molecule has 2 heterocycles. The molecule has 0 spiro atoms. The summed E-state index contributed by atoms with van der Waals surface area (Å²) in [4.78, 5) is 11.5. The van der Waals surface area contributed by atoms with Crippen molar-refractivity contribution < 1.29 is 9.53 Å². The highest BCUT2D eigenvalue weighted by Gasteiger charge is 2.09. The first-order valence-electron chi connectivity index (χ1n) is 5.79. The number of esters is 1. The van der Waals surface area contributed by atoms with E-state index >= 15 is 0 Å². The van der Waals surface area contributed by atoms with Gasteiger partial charge in [0.2, 0.25) is 0 Å². The molecule has 0 fully saturated rings. The molecule has 3 rings (SSSR count). The molecule has 0 unspecified atom stereocenters. The van der Waals surface area contributed by atoms with Gasteiger partial charge >= 0.3 is 5.97 Å². The van der Waals surface area contributed by atoms with Crippen LogP contribution >= 0.6 is 0 Å². The third-order valence-electron chi connectivity index (χ3n) is 2.90. The molecule has 19 heavy (non-hydrogen) atoms. The van der Waals surface area contributed by atoms with Gasteiger partial charge in [0.25, 0.3) is 0 Å². The molecule has 96 valence electrons. The van der Waals surface area contributed by atoms with Gasteiger partial charge in [0.05, 0.1) is 24.4 Å². The number of fused-ring (bicyclic) bond motifs is 1. The normalized spacial score (nSPS) is 10.8. The van der Waals surface area contributed by atoms with Crippen LogP contribution in [0.3, 0.4) is 0 Å². The highest BCUT2D eigenvalue weighted by atomic mass is 16.5. The van der Waals surface area contributed by atoms with Crippen molar-refractivity contribution in [2.75, 3.05) is 7.11 Å². The van der Waals surface area contributed by atoms with Gasteiger partial charge in [-0.05, 0) is 18.2 Å². The summed E-state index contributed by atoms with van der Waals surface area (Å²) in [6.07, 6.45) is 5.34. The Bertz CT molecular complexity index is 715. The molecule has 2 aromatic heterocycles. The van der Waals surface area contributed by atoms with Gasteiger partial charge in [0.1, 0.15) is 6.67 Å². The average Bonchev–Trinajstić information content (AvgIpc) is 3.08. The van der Waals surface area contributed by atoms with Crippen molar-refractivity contribution in [3.05, 3.63) is 48.4 Å². The number of hydrogen-bond acceptors (Lipinski definition) is 4. The lowest BCUT2D eigenvalue weighted by Crippen LogP contribution is -2.10. The van der Waals surface area contributed by atoms with Crippen LogP contribution in [0.25, 0.3) is 10.9 Å². The molecule has 0 aliphatic rings. The average molecular weight is 256 g/mol. The van der Waals surface area contributed by atoms with Crippen LogP contribution in [-0.2, 0) is 11.4 Å². The minimum atomic E-state index is -0.353. The summed E-state index contributed by atoms with van der Waals surface area (Å²) in [5, 5.41) is 9.41. The third kappa shape index (κ3) is 2.08. The Labute approximate surface area is 109 Å².